The highest BCUT2D eigenvalue weighted by Crippen LogP contribution is 2.39. The van der Waals surface area contributed by atoms with Crippen LogP contribution in [0.4, 0.5) is 20.2 Å². The highest BCUT2D eigenvalue weighted by molar-refractivity contribution is 14.2. The van der Waals surface area contributed by atoms with E-state index in [1.807, 2.05) is 72.1 Å². The second-order valence-corrected chi connectivity index (χ2v) is 9.58. The number of thioether (sulfide) groups is 1. The van der Waals surface area contributed by atoms with Crippen LogP contribution in [0.1, 0.15) is 26.1 Å². The molecule has 0 saturated carbocycles. The van der Waals surface area contributed by atoms with Gasteiger partial charge in [-0.3, -0.25) is 4.34 Å². The minimum atomic E-state index is -2.70. The predicted molar refractivity (Wildman–Crippen MR) is 140 cm³/mol. The average Bonchev–Trinajstić information content (AvgIpc) is 3.38. The number of anilines is 2. The first-order valence-electron chi connectivity index (χ1n) is 9.58. The first kappa shape index (κ1) is 25.1. The summed E-state index contributed by atoms with van der Waals surface area (Å²) >= 11 is 9.80. The van der Waals surface area contributed by atoms with Crippen molar-refractivity contribution in [2.75, 3.05) is 11.6 Å². The van der Waals surface area contributed by atoms with E-state index < -0.39 is 6.43 Å². The van der Waals surface area contributed by atoms with Gasteiger partial charge in [0.05, 0.1) is 36.0 Å². The van der Waals surface area contributed by atoms with E-state index in [9.17, 15) is 8.78 Å². The van der Waals surface area contributed by atoms with E-state index in [0.29, 0.717) is 16.9 Å². The Morgan fingerprint density at radius 3 is 2.53 bits per heavy atom. The lowest BCUT2D eigenvalue weighted by atomic mass is 10.1. The maximum absolute atomic E-state index is 13.5. The number of hydrogen-bond donors (Lipinski definition) is 1. The van der Waals surface area contributed by atoms with E-state index in [2.05, 4.69) is 26.3 Å². The van der Waals surface area contributed by atoms with Gasteiger partial charge in [0.25, 0.3) is 6.43 Å². The summed E-state index contributed by atoms with van der Waals surface area (Å²) < 4.78 is 30.3. The molecule has 0 radical (unpaired) electrons. The van der Waals surface area contributed by atoms with Crippen LogP contribution in [-0.2, 0) is 7.05 Å². The molecule has 4 rings (SSSR count). The van der Waals surface area contributed by atoms with Crippen LogP contribution in [0.3, 0.4) is 0 Å². The number of benzene rings is 1. The summed E-state index contributed by atoms with van der Waals surface area (Å²) in [6, 6.07) is 7.58. The fourth-order valence-electron chi connectivity index (χ4n) is 3.09. The molecule has 3 heterocycles. The van der Waals surface area contributed by atoms with Crippen LogP contribution in [-0.4, -0.2) is 30.1 Å². The molecule has 0 aliphatic carbocycles. The van der Waals surface area contributed by atoms with Gasteiger partial charge in [0.1, 0.15) is 10.7 Å². The number of rotatable bonds is 6. The van der Waals surface area contributed by atoms with Gasteiger partial charge in [-0.15, -0.1) is 11.8 Å². The van der Waals surface area contributed by atoms with Gasteiger partial charge in [-0.25, -0.2) is 23.7 Å². The Kier molecular flexibility index (Phi) is 8.71. The van der Waals surface area contributed by atoms with E-state index in [1.54, 1.807) is 24.2 Å². The highest BCUT2D eigenvalue weighted by atomic mass is 127. The minimum absolute atomic E-state index is 0.0252. The Labute approximate surface area is 208 Å². The Balaban J connectivity index is 0.00000141. The number of halogens is 4. The molecule has 0 bridgehead atoms. The second kappa shape index (κ2) is 11.1. The molecule has 0 aliphatic rings. The van der Waals surface area contributed by atoms with Crippen molar-refractivity contribution < 1.29 is 8.78 Å². The lowest BCUT2D eigenvalue weighted by Gasteiger charge is -2.13. The summed E-state index contributed by atoms with van der Waals surface area (Å²) in [4.78, 5) is 13.5. The molecule has 1 unspecified atom stereocenters. The van der Waals surface area contributed by atoms with Gasteiger partial charge in [-0.2, -0.15) is 0 Å². The van der Waals surface area contributed by atoms with Gasteiger partial charge in [0.15, 0.2) is 11.5 Å². The number of pyridine rings is 1. The largest absolute Gasteiger partial charge is 0.353 e. The van der Waals surface area contributed by atoms with Crippen LogP contribution in [0.5, 0.6) is 0 Å². The Morgan fingerprint density at radius 1 is 1.19 bits per heavy atom. The molecular weight excluding hydrogens is 588 g/mol. The number of hydrogen-bond acceptors (Lipinski definition) is 5. The standard InChI is InChI=1S/C18H15ClF2IN6PS.C2H6/c1-27-8-23-7-12(27)9-3-4-10(13(5-9)30-2)24-11-6-14(19)25-17-15(11)26-18(16(20)21)28(17)29-22;1-2/h3-8,16,29H,1-2H3,(H,24,25);1-2H3. The molecule has 1 atom stereocenters. The van der Waals surface area contributed by atoms with Gasteiger partial charge in [-0.05, 0) is 40.4 Å². The van der Waals surface area contributed by atoms with Crippen molar-refractivity contribution in [2.45, 2.75) is 25.2 Å². The first-order chi connectivity index (χ1) is 15.4. The van der Waals surface area contributed by atoms with Crippen LogP contribution in [0.15, 0.2) is 41.7 Å². The summed E-state index contributed by atoms with van der Waals surface area (Å²) in [7, 11) is 1.94. The molecule has 1 N–H and O–H groups in total. The number of alkyl halides is 2. The number of aryl methyl sites for hydroxylation is 1. The van der Waals surface area contributed by atoms with Crippen LogP contribution in [0.25, 0.3) is 22.4 Å². The third kappa shape index (κ3) is 5.03. The van der Waals surface area contributed by atoms with Crippen molar-refractivity contribution in [2.24, 2.45) is 7.05 Å². The quantitative estimate of drug-likeness (QED) is 0.105. The summed E-state index contributed by atoms with van der Waals surface area (Å²) in [5.41, 5.74) is 4.07. The highest BCUT2D eigenvalue weighted by Gasteiger charge is 2.22. The molecule has 0 aliphatic heterocycles. The molecule has 0 saturated heterocycles. The van der Waals surface area contributed by atoms with Crippen molar-refractivity contribution in [1.29, 1.82) is 0 Å². The van der Waals surface area contributed by atoms with Gasteiger partial charge < -0.3 is 9.88 Å². The molecule has 6 nitrogen and oxygen atoms in total. The van der Waals surface area contributed by atoms with Crippen molar-refractivity contribution in [1.82, 2.24) is 23.9 Å². The molecule has 3 aromatic heterocycles. The molecule has 1 aromatic carbocycles. The zero-order chi connectivity index (χ0) is 23.4. The maximum atomic E-state index is 13.5. The van der Waals surface area contributed by atoms with E-state index >= 15 is 0 Å². The smallest absolute Gasteiger partial charge is 0.295 e. The number of nitrogens with one attached hydrogen (secondary N) is 1. The molecule has 12 heteroatoms. The molecule has 170 valence electrons. The minimum Gasteiger partial charge on any atom is -0.353 e. The van der Waals surface area contributed by atoms with E-state index in [4.69, 9.17) is 11.6 Å². The average molecular weight is 609 g/mol. The summed E-state index contributed by atoms with van der Waals surface area (Å²) in [5.74, 6) is -0.313. The summed E-state index contributed by atoms with van der Waals surface area (Å²) in [6.45, 7) is 4.00. The molecule has 0 spiro atoms. The monoisotopic (exact) mass is 608 g/mol. The maximum Gasteiger partial charge on any atom is 0.295 e. The van der Waals surface area contributed by atoms with Gasteiger partial charge in [0.2, 0.25) is 0 Å². The predicted octanol–water partition coefficient (Wildman–Crippen LogP) is 7.71. The topological polar surface area (TPSA) is 60.6 Å². The van der Waals surface area contributed by atoms with Crippen LogP contribution >= 0.6 is 51.8 Å². The SMILES string of the molecule is CC.CSc1cc(-c2cncn2C)ccc1Nc1cc(Cl)nc2c1nc(C(F)F)n2PI. The Bertz CT molecular complexity index is 1230. The van der Waals surface area contributed by atoms with Crippen molar-refractivity contribution in [3.8, 4) is 11.3 Å². The van der Waals surface area contributed by atoms with E-state index in [0.717, 1.165) is 21.8 Å². The van der Waals surface area contributed by atoms with E-state index in [1.165, 1.54) is 4.34 Å². The zero-order valence-electron chi connectivity index (χ0n) is 17.7. The fourth-order valence-corrected chi connectivity index (χ4v) is 5.76. The van der Waals surface area contributed by atoms with Crippen molar-refractivity contribution in [3.05, 3.63) is 47.8 Å². The lowest BCUT2D eigenvalue weighted by Crippen LogP contribution is -1.97. The second-order valence-electron chi connectivity index (χ2n) is 6.29. The molecule has 4 aromatic rings. The molecular formula is C20H21ClF2IN6PS. The molecule has 32 heavy (non-hydrogen) atoms. The van der Waals surface area contributed by atoms with Gasteiger partial charge in [0, 0.05) is 23.6 Å². The zero-order valence-corrected chi connectivity index (χ0v) is 22.4. The number of imidazole rings is 2. The number of nitrogens with zero attached hydrogens (tertiary/aromatic N) is 5. The Morgan fingerprint density at radius 2 is 1.94 bits per heavy atom. The third-order valence-corrected chi connectivity index (χ3v) is 7.50. The fraction of sp³-hybridized carbons (Fsp3) is 0.250. The number of aromatic nitrogens is 5. The van der Waals surface area contributed by atoms with E-state index in [-0.39, 0.29) is 17.4 Å². The lowest BCUT2D eigenvalue weighted by molar-refractivity contribution is 0.140. The first-order valence-corrected chi connectivity index (χ1v) is 15.2. The van der Waals surface area contributed by atoms with Gasteiger partial charge >= 0.3 is 0 Å². The third-order valence-electron chi connectivity index (χ3n) is 4.47. The summed E-state index contributed by atoms with van der Waals surface area (Å²) in [5, 5.41) is 3.52. The van der Waals surface area contributed by atoms with Crippen LogP contribution in [0, 0.1) is 0 Å². The molecule has 0 amide bonds. The van der Waals surface area contributed by atoms with Gasteiger partial charge in [-0.1, -0.05) is 31.5 Å². The normalized spacial score (nSPS) is 11.4. The number of fused-ring (bicyclic) bond motifs is 1. The van der Waals surface area contributed by atoms with Crippen molar-refractivity contribution in [3.63, 3.8) is 0 Å². The Hall–Kier alpha value is -1.49. The van der Waals surface area contributed by atoms with Crippen molar-refractivity contribution >= 4 is 74.3 Å². The van der Waals surface area contributed by atoms with Crippen LogP contribution < -0.4 is 5.32 Å². The van der Waals surface area contributed by atoms with Crippen LogP contribution in [0.2, 0.25) is 5.15 Å². The summed E-state index contributed by atoms with van der Waals surface area (Å²) in [6.07, 6.45) is 2.86. The molecule has 0 fully saturated rings.